The summed E-state index contributed by atoms with van der Waals surface area (Å²) in [5.74, 6) is -1.58. The molecule has 0 saturated carbocycles. The van der Waals surface area contributed by atoms with Gasteiger partial charge in [-0.15, -0.1) is 12.4 Å². The minimum Gasteiger partial charge on any atom is -0.450 e. The van der Waals surface area contributed by atoms with E-state index >= 15 is 0 Å². The summed E-state index contributed by atoms with van der Waals surface area (Å²) in [5, 5.41) is 3.53. The van der Waals surface area contributed by atoms with E-state index < -0.39 is 27.8 Å². The predicted octanol–water partition coefficient (Wildman–Crippen LogP) is 3.01. The molecule has 2 aromatic carbocycles. The number of rotatable bonds is 8. The molecule has 0 aliphatic carbocycles. The molecule has 2 aliphatic rings. The number of anilines is 1. The van der Waals surface area contributed by atoms with E-state index in [2.05, 4.69) is 15.2 Å². The molecule has 16 heteroatoms. The molecule has 3 aromatic rings. The molecule has 0 bridgehead atoms. The van der Waals surface area contributed by atoms with Crippen LogP contribution in [0.15, 0.2) is 41.3 Å². The molecular weight excluding hydrogens is 626 g/mol. The number of piperazine rings is 2. The Morgan fingerprint density at radius 2 is 1.67 bits per heavy atom. The monoisotopic (exact) mass is 658 g/mol. The van der Waals surface area contributed by atoms with Gasteiger partial charge in [-0.2, -0.15) is 4.31 Å². The summed E-state index contributed by atoms with van der Waals surface area (Å²) < 4.78 is 60.4. The van der Waals surface area contributed by atoms with Crippen molar-refractivity contribution >= 4 is 61.1 Å². The van der Waals surface area contributed by atoms with Crippen LogP contribution in [-0.4, -0.2) is 112 Å². The third-order valence-electron chi connectivity index (χ3n) is 7.28. The van der Waals surface area contributed by atoms with Gasteiger partial charge in [-0.05, 0) is 37.3 Å². The maximum absolute atomic E-state index is 14.0. The highest BCUT2D eigenvalue weighted by Gasteiger charge is 2.30. The van der Waals surface area contributed by atoms with Crippen molar-refractivity contribution in [1.82, 2.24) is 24.4 Å². The zero-order chi connectivity index (χ0) is 29.9. The molecule has 2 aliphatic heterocycles. The maximum Gasteiger partial charge on any atom is 0.409 e. The smallest absolute Gasteiger partial charge is 0.409 e. The number of hydrogen-bond acceptors (Lipinski definition) is 9. The zero-order valence-corrected chi connectivity index (χ0v) is 25.9. The summed E-state index contributed by atoms with van der Waals surface area (Å²) in [6.45, 7) is 6.63. The van der Waals surface area contributed by atoms with Crippen molar-refractivity contribution < 1.29 is 31.5 Å². The number of nitrogens with one attached hydrogen (secondary N) is 1. The van der Waals surface area contributed by atoms with Crippen molar-refractivity contribution in [2.24, 2.45) is 0 Å². The summed E-state index contributed by atoms with van der Waals surface area (Å²) in [6.07, 6.45) is -0.451. The molecule has 43 heavy (non-hydrogen) atoms. The fourth-order valence-electron chi connectivity index (χ4n) is 4.93. The van der Waals surface area contributed by atoms with Crippen molar-refractivity contribution in [2.75, 3.05) is 77.0 Å². The quantitative estimate of drug-likeness (QED) is 0.393. The Kier molecular flexibility index (Phi) is 10.8. The number of benzene rings is 2. The molecule has 3 heterocycles. The van der Waals surface area contributed by atoms with Gasteiger partial charge in [0, 0.05) is 77.1 Å². The van der Waals surface area contributed by atoms with Gasteiger partial charge in [-0.1, -0.05) is 11.3 Å². The lowest BCUT2D eigenvalue weighted by molar-refractivity contribution is 0.0932. The average molecular weight is 659 g/mol. The van der Waals surface area contributed by atoms with Crippen LogP contribution in [0.5, 0.6) is 0 Å². The van der Waals surface area contributed by atoms with Gasteiger partial charge in [0.25, 0.3) is 5.91 Å². The van der Waals surface area contributed by atoms with Crippen LogP contribution in [-0.2, 0) is 14.8 Å². The van der Waals surface area contributed by atoms with Gasteiger partial charge in [0.05, 0.1) is 16.2 Å². The highest BCUT2D eigenvalue weighted by Crippen LogP contribution is 2.31. The van der Waals surface area contributed by atoms with E-state index in [9.17, 15) is 26.8 Å². The van der Waals surface area contributed by atoms with E-state index in [1.807, 2.05) is 4.90 Å². The molecule has 0 spiro atoms. The number of ether oxygens (including phenoxy) is 1. The van der Waals surface area contributed by atoms with Crippen molar-refractivity contribution in [1.29, 1.82) is 0 Å². The first-order valence-corrected chi connectivity index (χ1v) is 15.9. The van der Waals surface area contributed by atoms with Gasteiger partial charge < -0.3 is 19.9 Å². The topological polar surface area (TPSA) is 115 Å². The van der Waals surface area contributed by atoms with Crippen LogP contribution in [0.4, 0.5) is 18.7 Å². The Balaban J connectivity index is 0.00000423. The first-order valence-electron chi connectivity index (χ1n) is 13.7. The number of halogens is 3. The number of hydrogen-bond donors (Lipinski definition) is 1. The van der Waals surface area contributed by atoms with Crippen LogP contribution < -0.4 is 10.2 Å². The minimum atomic E-state index is -3.76. The van der Waals surface area contributed by atoms with Crippen LogP contribution in [0, 0.1) is 11.6 Å². The summed E-state index contributed by atoms with van der Waals surface area (Å²) in [6, 6.07) is 7.95. The third kappa shape index (κ3) is 7.52. The molecule has 2 fully saturated rings. The fourth-order valence-corrected chi connectivity index (χ4v) is 7.41. The highest BCUT2D eigenvalue weighted by molar-refractivity contribution is 7.89. The van der Waals surface area contributed by atoms with Gasteiger partial charge in [-0.25, -0.2) is 27.0 Å². The lowest BCUT2D eigenvalue weighted by Crippen LogP contribution is -2.50. The van der Waals surface area contributed by atoms with E-state index in [1.165, 1.54) is 50.9 Å². The van der Waals surface area contributed by atoms with Crippen molar-refractivity contribution in [3.05, 3.63) is 53.6 Å². The van der Waals surface area contributed by atoms with Crippen LogP contribution in [0.3, 0.4) is 0 Å². The summed E-state index contributed by atoms with van der Waals surface area (Å²) >= 11 is 1.27. The Morgan fingerprint density at radius 1 is 1.00 bits per heavy atom. The average Bonchev–Trinajstić information content (AvgIpc) is 3.42. The Morgan fingerprint density at radius 3 is 2.33 bits per heavy atom. The summed E-state index contributed by atoms with van der Waals surface area (Å²) in [7, 11) is -3.76. The van der Waals surface area contributed by atoms with Gasteiger partial charge in [-0.3, -0.25) is 9.69 Å². The SMILES string of the molecule is CCOC(=O)N1CCN(S(=O)(=O)c2ccc(C(=O)NCCN3CCN(c4nc5c(F)cc(F)cc5s4)CC3)cc2)CC1.Cl. The normalized spacial score (nSPS) is 16.6. The number of fused-ring (bicyclic) bond motifs is 1. The van der Waals surface area contributed by atoms with Crippen LogP contribution in [0.25, 0.3) is 10.2 Å². The van der Waals surface area contributed by atoms with Crippen molar-refractivity contribution in [3.63, 3.8) is 0 Å². The Labute approximate surface area is 258 Å². The summed E-state index contributed by atoms with van der Waals surface area (Å²) in [5.41, 5.74) is 0.534. The Hall–Kier alpha value is -3.11. The predicted molar refractivity (Wildman–Crippen MR) is 162 cm³/mol. The lowest BCUT2D eigenvalue weighted by Gasteiger charge is -2.34. The van der Waals surface area contributed by atoms with Crippen LogP contribution in [0.1, 0.15) is 17.3 Å². The van der Waals surface area contributed by atoms with E-state index in [4.69, 9.17) is 4.74 Å². The van der Waals surface area contributed by atoms with E-state index in [-0.39, 0.29) is 61.5 Å². The van der Waals surface area contributed by atoms with Crippen LogP contribution >= 0.6 is 23.7 Å². The molecule has 11 nitrogen and oxygen atoms in total. The van der Waals surface area contributed by atoms with Gasteiger partial charge in [0.1, 0.15) is 11.3 Å². The highest BCUT2D eigenvalue weighted by atomic mass is 35.5. The second-order valence-corrected chi connectivity index (χ2v) is 12.9. The second-order valence-electron chi connectivity index (χ2n) is 9.93. The molecule has 2 amide bonds. The standard InChI is InChI=1S/C27H32F2N6O5S2.ClH/c1-2-40-27(37)34-13-15-35(16-14-34)42(38,39)21-5-3-19(4-6-21)25(36)30-7-8-32-9-11-33(12-10-32)26-31-24-22(29)17-20(28)18-23(24)41-26;/h3-6,17-18H,2,7-16H2,1H3,(H,30,36);1H. The van der Waals surface area contributed by atoms with Crippen LogP contribution in [0.2, 0.25) is 0 Å². The number of nitrogens with zero attached hydrogens (tertiary/aromatic N) is 5. The fraction of sp³-hybridized carbons (Fsp3) is 0.444. The molecule has 1 N–H and O–H groups in total. The van der Waals surface area contributed by atoms with Crippen molar-refractivity contribution in [2.45, 2.75) is 11.8 Å². The molecule has 5 rings (SSSR count). The Bertz CT molecular complexity index is 1540. The molecule has 234 valence electrons. The molecule has 0 unspecified atom stereocenters. The first kappa shape index (κ1) is 32.8. The van der Waals surface area contributed by atoms with E-state index in [1.54, 1.807) is 6.92 Å². The van der Waals surface area contributed by atoms with E-state index in [0.29, 0.717) is 41.6 Å². The molecule has 0 atom stereocenters. The number of carbonyl (C=O) groups excluding carboxylic acids is 2. The zero-order valence-electron chi connectivity index (χ0n) is 23.5. The molecule has 2 saturated heterocycles. The summed E-state index contributed by atoms with van der Waals surface area (Å²) in [4.78, 5) is 34.7. The largest absolute Gasteiger partial charge is 0.450 e. The van der Waals surface area contributed by atoms with Gasteiger partial charge in [0.15, 0.2) is 10.9 Å². The number of thiazole rings is 1. The third-order valence-corrected chi connectivity index (χ3v) is 10.3. The van der Waals surface area contributed by atoms with Gasteiger partial charge in [0.2, 0.25) is 10.0 Å². The molecule has 1 aromatic heterocycles. The van der Waals surface area contributed by atoms with E-state index in [0.717, 1.165) is 19.2 Å². The number of sulfonamides is 1. The van der Waals surface area contributed by atoms with Gasteiger partial charge >= 0.3 is 6.09 Å². The number of aromatic nitrogens is 1. The molecule has 0 radical (unpaired) electrons. The van der Waals surface area contributed by atoms with Crippen molar-refractivity contribution in [3.8, 4) is 0 Å². The number of carbonyl (C=O) groups is 2. The lowest BCUT2D eigenvalue weighted by atomic mass is 10.2. The number of amides is 2. The minimum absolute atomic E-state index is 0. The first-order chi connectivity index (χ1) is 20.2. The second kappa shape index (κ2) is 14.1. The maximum atomic E-state index is 14.0. The molecular formula is C27H33ClF2N6O5S2.